The molecule has 0 atom stereocenters. The summed E-state index contributed by atoms with van der Waals surface area (Å²) in [6.45, 7) is 4.16. The van der Waals surface area contributed by atoms with E-state index in [1.807, 2.05) is 53.6 Å². The molecule has 3 aromatic rings. The number of nitrogens with zero attached hydrogens (tertiary/aromatic N) is 4. The van der Waals surface area contributed by atoms with Gasteiger partial charge in [-0.25, -0.2) is 4.98 Å². The fourth-order valence-corrected chi connectivity index (χ4v) is 4.03. The number of ether oxygens (including phenoxy) is 1. The monoisotopic (exact) mass is 435 g/mol. The van der Waals surface area contributed by atoms with Crippen molar-refractivity contribution in [3.8, 4) is 0 Å². The van der Waals surface area contributed by atoms with Crippen molar-refractivity contribution >= 4 is 34.2 Å². The van der Waals surface area contributed by atoms with Gasteiger partial charge in [0.05, 0.1) is 17.8 Å². The van der Waals surface area contributed by atoms with Crippen LogP contribution in [0.15, 0.2) is 54.9 Å². The molecule has 1 aliphatic rings. The van der Waals surface area contributed by atoms with Crippen molar-refractivity contribution in [2.24, 2.45) is 0 Å². The van der Waals surface area contributed by atoms with Crippen molar-refractivity contribution in [2.45, 2.75) is 19.4 Å². The molecule has 1 aromatic carbocycles. The summed E-state index contributed by atoms with van der Waals surface area (Å²) >= 11 is 0. The summed E-state index contributed by atoms with van der Waals surface area (Å²) in [4.78, 5) is 33.5. The van der Waals surface area contributed by atoms with E-state index in [-0.39, 0.29) is 24.7 Å². The number of hydrogen-bond donors (Lipinski definition) is 1. The molecule has 2 aromatic heterocycles. The van der Waals surface area contributed by atoms with Crippen LogP contribution in [0.1, 0.15) is 12.8 Å². The molecule has 2 amide bonds. The molecule has 1 aliphatic heterocycles. The van der Waals surface area contributed by atoms with E-state index in [4.69, 9.17) is 4.74 Å². The van der Waals surface area contributed by atoms with Crippen LogP contribution in [0.5, 0.6) is 0 Å². The number of fused-ring (bicyclic) bond motifs is 1. The summed E-state index contributed by atoms with van der Waals surface area (Å²) in [5, 5.41) is 3.95. The molecule has 1 N–H and O–H groups in total. The van der Waals surface area contributed by atoms with E-state index in [0.29, 0.717) is 19.7 Å². The number of anilines is 2. The molecule has 168 valence electrons. The molecule has 0 saturated carbocycles. The molecule has 0 unspecified atom stereocenters. The van der Waals surface area contributed by atoms with Gasteiger partial charge in [-0.1, -0.05) is 12.1 Å². The Morgan fingerprint density at radius 1 is 1.03 bits per heavy atom. The fourth-order valence-electron chi connectivity index (χ4n) is 4.03. The standard InChI is InChI=1S/C24H29N5O3/c1-32-18-17-27-12-10-19-20(5-4-6-21(19)27)26-23(30)8-9-24(31)29-15-13-28(14-16-29)22-7-2-3-11-25-22/h2-7,10-12H,8-9,13-18H2,1H3,(H,26,30). The highest BCUT2D eigenvalue weighted by atomic mass is 16.5. The zero-order valence-corrected chi connectivity index (χ0v) is 18.4. The van der Waals surface area contributed by atoms with Gasteiger partial charge in [0.2, 0.25) is 11.8 Å². The quantitative estimate of drug-likeness (QED) is 0.589. The number of rotatable bonds is 8. The maximum absolute atomic E-state index is 12.6. The van der Waals surface area contributed by atoms with Gasteiger partial charge in [0, 0.05) is 70.5 Å². The van der Waals surface area contributed by atoms with Crippen molar-refractivity contribution in [3.63, 3.8) is 0 Å². The third kappa shape index (κ3) is 5.08. The van der Waals surface area contributed by atoms with E-state index in [0.717, 1.165) is 42.0 Å². The summed E-state index contributed by atoms with van der Waals surface area (Å²) in [7, 11) is 1.68. The molecule has 1 fully saturated rings. The van der Waals surface area contributed by atoms with E-state index in [2.05, 4.69) is 19.8 Å². The topological polar surface area (TPSA) is 79.7 Å². The van der Waals surface area contributed by atoms with Crippen LogP contribution in [0.3, 0.4) is 0 Å². The molecule has 8 nitrogen and oxygen atoms in total. The predicted octanol–water partition coefficient (Wildman–Crippen LogP) is 2.75. The molecule has 0 aliphatic carbocycles. The van der Waals surface area contributed by atoms with E-state index in [1.165, 1.54) is 0 Å². The molecular weight excluding hydrogens is 406 g/mol. The lowest BCUT2D eigenvalue weighted by Gasteiger charge is -2.35. The molecular formula is C24H29N5O3. The normalized spacial score (nSPS) is 14.0. The second-order valence-corrected chi connectivity index (χ2v) is 7.84. The average molecular weight is 436 g/mol. The number of piperazine rings is 1. The maximum Gasteiger partial charge on any atom is 0.224 e. The third-order valence-electron chi connectivity index (χ3n) is 5.80. The lowest BCUT2D eigenvalue weighted by Crippen LogP contribution is -2.49. The van der Waals surface area contributed by atoms with Crippen molar-refractivity contribution in [1.29, 1.82) is 0 Å². The molecule has 4 rings (SSSR count). The number of carbonyl (C=O) groups is 2. The second kappa shape index (κ2) is 10.3. The van der Waals surface area contributed by atoms with Crippen LogP contribution in [0, 0.1) is 0 Å². The van der Waals surface area contributed by atoms with Gasteiger partial charge in [0.15, 0.2) is 0 Å². The van der Waals surface area contributed by atoms with Gasteiger partial charge in [-0.15, -0.1) is 0 Å². The van der Waals surface area contributed by atoms with Crippen LogP contribution < -0.4 is 10.2 Å². The van der Waals surface area contributed by atoms with Crippen LogP contribution in [-0.2, 0) is 20.9 Å². The summed E-state index contributed by atoms with van der Waals surface area (Å²) in [6, 6.07) is 13.7. The first kappa shape index (κ1) is 21.8. The van der Waals surface area contributed by atoms with Crippen molar-refractivity contribution in [3.05, 3.63) is 54.9 Å². The third-order valence-corrected chi connectivity index (χ3v) is 5.80. The number of amides is 2. The molecule has 0 spiro atoms. The van der Waals surface area contributed by atoms with Gasteiger partial charge in [0.25, 0.3) is 0 Å². The molecule has 8 heteroatoms. The van der Waals surface area contributed by atoms with Gasteiger partial charge in [-0.05, 0) is 30.3 Å². The molecule has 3 heterocycles. The number of pyridine rings is 1. The van der Waals surface area contributed by atoms with Crippen LogP contribution in [-0.4, -0.2) is 66.2 Å². The second-order valence-electron chi connectivity index (χ2n) is 7.84. The lowest BCUT2D eigenvalue weighted by molar-refractivity contribution is -0.133. The van der Waals surface area contributed by atoms with E-state index < -0.39 is 0 Å². The Hall–Kier alpha value is -3.39. The first-order chi connectivity index (χ1) is 15.7. The minimum atomic E-state index is -0.150. The molecule has 32 heavy (non-hydrogen) atoms. The van der Waals surface area contributed by atoms with Crippen molar-refractivity contribution in [1.82, 2.24) is 14.5 Å². The number of hydrogen-bond acceptors (Lipinski definition) is 5. The number of methoxy groups -OCH3 is 1. The molecule has 1 saturated heterocycles. The number of benzene rings is 1. The zero-order valence-electron chi connectivity index (χ0n) is 18.4. The Balaban J connectivity index is 1.27. The first-order valence-corrected chi connectivity index (χ1v) is 11.0. The van der Waals surface area contributed by atoms with Gasteiger partial charge >= 0.3 is 0 Å². The van der Waals surface area contributed by atoms with Gasteiger partial charge in [0.1, 0.15) is 5.82 Å². The largest absolute Gasteiger partial charge is 0.383 e. The van der Waals surface area contributed by atoms with Gasteiger partial charge in [-0.3, -0.25) is 9.59 Å². The number of nitrogens with one attached hydrogen (secondary N) is 1. The summed E-state index contributed by atoms with van der Waals surface area (Å²) in [5.41, 5.74) is 1.81. The Bertz CT molecular complexity index is 1060. The lowest BCUT2D eigenvalue weighted by atomic mass is 10.2. The van der Waals surface area contributed by atoms with Crippen LogP contribution in [0.4, 0.5) is 11.5 Å². The zero-order chi connectivity index (χ0) is 22.3. The summed E-state index contributed by atoms with van der Waals surface area (Å²) in [5.74, 6) is 0.802. The highest BCUT2D eigenvalue weighted by Crippen LogP contribution is 2.25. The fraction of sp³-hybridized carbons (Fsp3) is 0.375. The highest BCUT2D eigenvalue weighted by Gasteiger charge is 2.22. The van der Waals surface area contributed by atoms with Crippen LogP contribution in [0.2, 0.25) is 0 Å². The Kier molecular flexibility index (Phi) is 7.01. The van der Waals surface area contributed by atoms with Crippen molar-refractivity contribution < 1.29 is 14.3 Å². The summed E-state index contributed by atoms with van der Waals surface area (Å²) in [6.07, 6.45) is 4.15. The average Bonchev–Trinajstić information content (AvgIpc) is 3.26. The predicted molar refractivity (Wildman–Crippen MR) is 125 cm³/mol. The highest BCUT2D eigenvalue weighted by molar-refractivity contribution is 6.02. The maximum atomic E-state index is 12.6. The Labute approximate surface area is 187 Å². The minimum absolute atomic E-state index is 0.0183. The summed E-state index contributed by atoms with van der Waals surface area (Å²) < 4.78 is 7.26. The smallest absolute Gasteiger partial charge is 0.224 e. The first-order valence-electron chi connectivity index (χ1n) is 11.0. The van der Waals surface area contributed by atoms with Crippen LogP contribution >= 0.6 is 0 Å². The van der Waals surface area contributed by atoms with Gasteiger partial charge in [-0.2, -0.15) is 0 Å². The molecule has 0 radical (unpaired) electrons. The number of aromatic nitrogens is 2. The Morgan fingerprint density at radius 3 is 2.62 bits per heavy atom. The Morgan fingerprint density at radius 2 is 1.88 bits per heavy atom. The minimum Gasteiger partial charge on any atom is -0.383 e. The van der Waals surface area contributed by atoms with Crippen molar-refractivity contribution in [2.75, 3.05) is 50.1 Å². The van der Waals surface area contributed by atoms with E-state index in [1.54, 1.807) is 13.3 Å². The van der Waals surface area contributed by atoms with E-state index >= 15 is 0 Å². The van der Waals surface area contributed by atoms with E-state index in [9.17, 15) is 9.59 Å². The van der Waals surface area contributed by atoms with Crippen LogP contribution in [0.25, 0.3) is 10.9 Å². The SMILES string of the molecule is COCCn1ccc2c(NC(=O)CCC(=O)N3CCN(c4ccccn4)CC3)cccc21. The number of carbonyl (C=O) groups excluding carboxylic acids is 2. The van der Waals surface area contributed by atoms with Gasteiger partial charge < -0.3 is 24.4 Å². The molecule has 0 bridgehead atoms.